The van der Waals surface area contributed by atoms with Gasteiger partial charge in [0.2, 0.25) is 0 Å². The van der Waals surface area contributed by atoms with Crippen molar-refractivity contribution in [2.24, 2.45) is 0 Å². The summed E-state index contributed by atoms with van der Waals surface area (Å²) >= 11 is 5.46. The minimum absolute atomic E-state index is 0.150. The Morgan fingerprint density at radius 2 is 1.47 bits per heavy atom. The van der Waals surface area contributed by atoms with Gasteiger partial charge in [0.25, 0.3) is 0 Å². The lowest BCUT2D eigenvalue weighted by atomic mass is 9.83. The third-order valence-electron chi connectivity index (χ3n) is 5.55. The molecule has 150 valence electrons. The second kappa shape index (κ2) is 8.20. The minimum Gasteiger partial charge on any atom is -0.332 e. The lowest BCUT2D eigenvalue weighted by Gasteiger charge is -2.21. The maximum Gasteiger partial charge on any atom is 0.196 e. The van der Waals surface area contributed by atoms with Crippen LogP contribution >= 0.6 is 12.2 Å². The first-order valence-electron chi connectivity index (χ1n) is 9.99. The highest BCUT2D eigenvalue weighted by molar-refractivity contribution is 7.80. The van der Waals surface area contributed by atoms with Crippen LogP contribution in [0.5, 0.6) is 0 Å². The van der Waals surface area contributed by atoms with Gasteiger partial charge in [-0.25, -0.2) is 0 Å². The van der Waals surface area contributed by atoms with Crippen LogP contribution in [0.4, 0.5) is 11.4 Å². The molecule has 2 N–H and O–H groups in total. The molecule has 0 amide bonds. The SMILES string of the molecule is CCC(C)c1ccc(NC(=S)Nc2cccc3c2C(=O)c2ccccc2C3=O)cc1. The molecule has 0 aromatic heterocycles. The van der Waals surface area contributed by atoms with Gasteiger partial charge < -0.3 is 10.6 Å². The summed E-state index contributed by atoms with van der Waals surface area (Å²) in [6.07, 6.45) is 1.09. The number of nitrogens with one attached hydrogen (secondary N) is 2. The Balaban J connectivity index is 1.57. The van der Waals surface area contributed by atoms with Crippen LogP contribution in [-0.4, -0.2) is 16.7 Å². The maximum atomic E-state index is 13.1. The molecule has 0 spiro atoms. The van der Waals surface area contributed by atoms with Crippen molar-refractivity contribution in [3.05, 3.63) is 94.5 Å². The van der Waals surface area contributed by atoms with Crippen molar-refractivity contribution < 1.29 is 9.59 Å². The maximum absolute atomic E-state index is 13.1. The molecule has 0 radical (unpaired) electrons. The molecule has 0 fully saturated rings. The summed E-state index contributed by atoms with van der Waals surface area (Å²) < 4.78 is 0. The zero-order valence-electron chi connectivity index (χ0n) is 16.9. The predicted molar refractivity (Wildman–Crippen MR) is 125 cm³/mol. The molecule has 3 aromatic carbocycles. The van der Waals surface area contributed by atoms with E-state index in [1.165, 1.54) is 5.56 Å². The van der Waals surface area contributed by atoms with Crippen LogP contribution in [0.15, 0.2) is 66.7 Å². The summed E-state index contributed by atoms with van der Waals surface area (Å²) in [5.41, 5.74) is 4.27. The Morgan fingerprint density at radius 3 is 2.13 bits per heavy atom. The molecule has 4 nitrogen and oxygen atoms in total. The number of anilines is 2. The highest BCUT2D eigenvalue weighted by atomic mass is 32.1. The smallest absolute Gasteiger partial charge is 0.196 e. The standard InChI is InChI=1S/C25H22N2O2S/c1-3-15(2)16-11-13-17(14-12-16)26-25(30)27-21-10-6-9-20-22(21)24(29)19-8-5-4-7-18(19)23(20)28/h4-15H,3H2,1-2H3,(H2,26,27,30). The first-order valence-corrected chi connectivity index (χ1v) is 10.4. The average molecular weight is 415 g/mol. The van der Waals surface area contributed by atoms with Crippen molar-refractivity contribution in [2.45, 2.75) is 26.2 Å². The van der Waals surface area contributed by atoms with Crippen LogP contribution in [-0.2, 0) is 0 Å². The van der Waals surface area contributed by atoms with E-state index in [2.05, 4.69) is 36.6 Å². The quantitative estimate of drug-likeness (QED) is 0.414. The third kappa shape index (κ3) is 3.64. The van der Waals surface area contributed by atoms with Crippen LogP contribution in [0.2, 0.25) is 0 Å². The number of hydrogen-bond donors (Lipinski definition) is 2. The van der Waals surface area contributed by atoms with Crippen molar-refractivity contribution in [3.8, 4) is 0 Å². The van der Waals surface area contributed by atoms with Crippen molar-refractivity contribution in [2.75, 3.05) is 10.6 Å². The summed E-state index contributed by atoms with van der Waals surface area (Å²) in [6.45, 7) is 4.37. The molecule has 4 rings (SSSR count). The van der Waals surface area contributed by atoms with Crippen molar-refractivity contribution in [1.29, 1.82) is 0 Å². The first kappa shape index (κ1) is 20.0. The second-order valence-corrected chi connectivity index (χ2v) is 7.85. The lowest BCUT2D eigenvalue weighted by Crippen LogP contribution is -2.25. The number of carbonyl (C=O) groups excluding carboxylic acids is 2. The Morgan fingerprint density at radius 1 is 0.833 bits per heavy atom. The van der Waals surface area contributed by atoms with Gasteiger partial charge in [-0.15, -0.1) is 0 Å². The lowest BCUT2D eigenvalue weighted by molar-refractivity contribution is 0.0979. The summed E-state index contributed by atoms with van der Waals surface area (Å²) in [5, 5.41) is 6.61. The largest absolute Gasteiger partial charge is 0.332 e. The van der Waals surface area contributed by atoms with E-state index in [4.69, 9.17) is 12.2 Å². The zero-order valence-corrected chi connectivity index (χ0v) is 17.7. The summed E-state index contributed by atoms with van der Waals surface area (Å²) in [5.74, 6) is 0.179. The molecule has 3 aromatic rings. The molecular weight excluding hydrogens is 392 g/mol. The van der Waals surface area contributed by atoms with Crippen LogP contribution in [0.1, 0.15) is 63.6 Å². The predicted octanol–water partition coefficient (Wildman–Crippen LogP) is 5.78. The van der Waals surface area contributed by atoms with Gasteiger partial charge in [0.05, 0.1) is 11.3 Å². The molecular formula is C25H22N2O2S. The van der Waals surface area contributed by atoms with E-state index in [9.17, 15) is 9.59 Å². The second-order valence-electron chi connectivity index (χ2n) is 7.44. The van der Waals surface area contributed by atoms with Crippen molar-refractivity contribution >= 4 is 40.3 Å². The number of carbonyl (C=O) groups is 2. The van der Waals surface area contributed by atoms with Crippen LogP contribution in [0, 0.1) is 0 Å². The molecule has 30 heavy (non-hydrogen) atoms. The molecule has 0 heterocycles. The number of hydrogen-bond acceptors (Lipinski definition) is 3. The molecule has 1 atom stereocenters. The van der Waals surface area contributed by atoms with Gasteiger partial charge in [-0.1, -0.05) is 62.4 Å². The van der Waals surface area contributed by atoms with Crippen LogP contribution in [0.25, 0.3) is 0 Å². The number of ketones is 2. The topological polar surface area (TPSA) is 58.2 Å². The number of fused-ring (bicyclic) bond motifs is 2. The number of thiocarbonyl (C=S) groups is 1. The van der Waals surface area contributed by atoms with E-state index >= 15 is 0 Å². The fourth-order valence-corrected chi connectivity index (χ4v) is 3.89. The van der Waals surface area contributed by atoms with Gasteiger partial charge in [0.1, 0.15) is 0 Å². The monoisotopic (exact) mass is 414 g/mol. The summed E-state index contributed by atoms with van der Waals surface area (Å²) in [6, 6.07) is 20.2. The van der Waals surface area contributed by atoms with Gasteiger partial charge in [-0.3, -0.25) is 9.59 Å². The van der Waals surface area contributed by atoms with E-state index in [-0.39, 0.29) is 11.6 Å². The van der Waals surface area contributed by atoms with E-state index < -0.39 is 0 Å². The Labute approximate surface area is 181 Å². The van der Waals surface area contributed by atoms with Gasteiger partial charge in [0, 0.05) is 22.4 Å². The molecule has 1 unspecified atom stereocenters. The van der Waals surface area contributed by atoms with E-state index in [1.54, 1.807) is 42.5 Å². The average Bonchev–Trinajstić information content (AvgIpc) is 2.77. The normalized spacial score (nSPS) is 13.3. The minimum atomic E-state index is -0.177. The van der Waals surface area contributed by atoms with E-state index in [1.807, 2.05) is 12.1 Å². The van der Waals surface area contributed by atoms with Gasteiger partial charge >= 0.3 is 0 Å². The fourth-order valence-electron chi connectivity index (χ4n) is 3.66. The first-order chi connectivity index (χ1) is 14.5. The highest BCUT2D eigenvalue weighted by Crippen LogP contribution is 2.32. The van der Waals surface area contributed by atoms with Gasteiger partial charge in [-0.05, 0) is 48.3 Å². The van der Waals surface area contributed by atoms with E-state index in [0.29, 0.717) is 39.0 Å². The molecule has 0 bridgehead atoms. The Bertz CT molecular complexity index is 1150. The van der Waals surface area contributed by atoms with Gasteiger partial charge in [-0.2, -0.15) is 0 Å². The summed E-state index contributed by atoms with van der Waals surface area (Å²) in [4.78, 5) is 26.0. The fraction of sp³-hybridized carbons (Fsp3) is 0.160. The number of benzene rings is 3. The van der Waals surface area contributed by atoms with Crippen LogP contribution < -0.4 is 10.6 Å². The number of rotatable bonds is 4. The van der Waals surface area contributed by atoms with E-state index in [0.717, 1.165) is 12.1 Å². The van der Waals surface area contributed by atoms with Crippen LogP contribution in [0.3, 0.4) is 0 Å². The molecule has 0 saturated carbocycles. The highest BCUT2D eigenvalue weighted by Gasteiger charge is 2.31. The molecule has 0 aliphatic heterocycles. The van der Waals surface area contributed by atoms with Crippen molar-refractivity contribution in [3.63, 3.8) is 0 Å². The molecule has 0 saturated heterocycles. The van der Waals surface area contributed by atoms with Crippen molar-refractivity contribution in [1.82, 2.24) is 0 Å². The van der Waals surface area contributed by atoms with Gasteiger partial charge in [0.15, 0.2) is 16.7 Å². The molecule has 1 aliphatic carbocycles. The molecule has 1 aliphatic rings. The molecule has 5 heteroatoms. The zero-order chi connectivity index (χ0) is 21.3. The Hall–Kier alpha value is -3.31. The summed E-state index contributed by atoms with van der Waals surface area (Å²) in [7, 11) is 0. The Kier molecular flexibility index (Phi) is 5.46. The third-order valence-corrected chi connectivity index (χ3v) is 5.75.